The quantitative estimate of drug-likeness (QED) is 0.662. The van der Waals surface area contributed by atoms with Crippen LogP contribution in [0.15, 0.2) is 41.3 Å². The number of ether oxygens (including phenoxy) is 1. The van der Waals surface area contributed by atoms with Crippen LogP contribution in [0.4, 0.5) is 24.7 Å². The fourth-order valence-electron chi connectivity index (χ4n) is 2.68. The number of aromatic nitrogens is 2. The number of hydrogen-bond donors (Lipinski definition) is 2. The summed E-state index contributed by atoms with van der Waals surface area (Å²) in [7, 11) is 1.06. The Labute approximate surface area is 150 Å². The molecule has 0 amide bonds. The van der Waals surface area contributed by atoms with E-state index in [0.29, 0.717) is 0 Å². The van der Waals surface area contributed by atoms with Crippen molar-refractivity contribution in [2.75, 3.05) is 18.6 Å². The highest BCUT2D eigenvalue weighted by Crippen LogP contribution is 2.33. The molecule has 4 N–H and O–H groups in total. The molecule has 0 saturated carbocycles. The van der Waals surface area contributed by atoms with Crippen LogP contribution in [0.2, 0.25) is 0 Å². The van der Waals surface area contributed by atoms with Gasteiger partial charge in [-0.1, -0.05) is 6.07 Å². The van der Waals surface area contributed by atoms with Gasteiger partial charge < -0.3 is 16.2 Å². The van der Waals surface area contributed by atoms with Crippen LogP contribution in [-0.4, -0.2) is 22.6 Å². The van der Waals surface area contributed by atoms with Crippen LogP contribution in [0.5, 0.6) is 0 Å². The lowest BCUT2D eigenvalue weighted by atomic mass is 10.1. The number of carbonyl (C=O) groups excluding carboxylic acids is 1. The summed E-state index contributed by atoms with van der Waals surface area (Å²) in [6.45, 7) is 0. The molecule has 140 valence electrons. The average molecular weight is 378 g/mol. The van der Waals surface area contributed by atoms with E-state index in [1.54, 1.807) is 0 Å². The van der Waals surface area contributed by atoms with E-state index in [1.165, 1.54) is 18.3 Å². The van der Waals surface area contributed by atoms with Gasteiger partial charge >= 0.3 is 12.1 Å². The van der Waals surface area contributed by atoms with Crippen LogP contribution in [0.25, 0.3) is 16.6 Å². The molecule has 0 aliphatic rings. The number of esters is 1. The molecule has 0 bridgehead atoms. The van der Waals surface area contributed by atoms with E-state index in [9.17, 15) is 22.8 Å². The van der Waals surface area contributed by atoms with Crippen LogP contribution in [0.1, 0.15) is 15.9 Å². The van der Waals surface area contributed by atoms with Gasteiger partial charge in [-0.25, -0.2) is 9.78 Å². The van der Waals surface area contributed by atoms with Gasteiger partial charge in [0.15, 0.2) is 0 Å². The lowest BCUT2D eigenvalue weighted by Crippen LogP contribution is -2.28. The SMILES string of the molecule is COC(=O)c1c(N)c2ccc(C(F)(F)F)cc2n(-c2ccc(N)nc2)c1=O. The third kappa shape index (κ3) is 3.05. The molecule has 0 radical (unpaired) electrons. The van der Waals surface area contributed by atoms with E-state index < -0.39 is 28.8 Å². The van der Waals surface area contributed by atoms with Crippen molar-refractivity contribution in [2.45, 2.75) is 6.18 Å². The summed E-state index contributed by atoms with van der Waals surface area (Å²) < 4.78 is 44.9. The predicted molar refractivity (Wildman–Crippen MR) is 92.5 cm³/mol. The van der Waals surface area contributed by atoms with Gasteiger partial charge in [-0.2, -0.15) is 13.2 Å². The summed E-state index contributed by atoms with van der Waals surface area (Å²) in [5.41, 5.74) is 8.74. The topological polar surface area (TPSA) is 113 Å². The number of rotatable bonds is 2. The zero-order valence-corrected chi connectivity index (χ0v) is 13.9. The first kappa shape index (κ1) is 18.2. The van der Waals surface area contributed by atoms with Crippen molar-refractivity contribution in [3.8, 4) is 5.69 Å². The van der Waals surface area contributed by atoms with E-state index in [-0.39, 0.29) is 28.1 Å². The van der Waals surface area contributed by atoms with Crippen LogP contribution < -0.4 is 17.0 Å². The van der Waals surface area contributed by atoms with Crippen molar-refractivity contribution in [2.24, 2.45) is 0 Å². The number of nitrogen functional groups attached to an aromatic ring is 2. The molecule has 27 heavy (non-hydrogen) atoms. The summed E-state index contributed by atoms with van der Waals surface area (Å²) in [5.74, 6) is -0.854. The Balaban J connectivity index is 2.50. The molecule has 7 nitrogen and oxygen atoms in total. The number of hydrogen-bond acceptors (Lipinski definition) is 6. The lowest BCUT2D eigenvalue weighted by molar-refractivity contribution is -0.137. The molecular weight excluding hydrogens is 365 g/mol. The largest absolute Gasteiger partial charge is 0.465 e. The summed E-state index contributed by atoms with van der Waals surface area (Å²) in [6, 6.07) is 5.46. The van der Waals surface area contributed by atoms with Crippen LogP contribution in [-0.2, 0) is 10.9 Å². The third-order valence-corrected chi connectivity index (χ3v) is 3.96. The molecule has 0 spiro atoms. The van der Waals surface area contributed by atoms with Crippen molar-refractivity contribution in [3.63, 3.8) is 0 Å². The summed E-state index contributed by atoms with van der Waals surface area (Å²) >= 11 is 0. The Morgan fingerprint density at radius 1 is 1.19 bits per heavy atom. The number of methoxy groups -OCH3 is 1. The molecule has 0 aliphatic heterocycles. The van der Waals surface area contributed by atoms with E-state index in [0.717, 1.165) is 29.9 Å². The van der Waals surface area contributed by atoms with Crippen LogP contribution in [0.3, 0.4) is 0 Å². The third-order valence-electron chi connectivity index (χ3n) is 3.96. The van der Waals surface area contributed by atoms with Crippen molar-refractivity contribution in [1.29, 1.82) is 0 Å². The van der Waals surface area contributed by atoms with Crippen molar-refractivity contribution in [3.05, 3.63) is 58.0 Å². The molecule has 3 aromatic rings. The first-order valence-corrected chi connectivity index (χ1v) is 7.50. The minimum atomic E-state index is -4.63. The molecule has 2 aromatic heterocycles. The summed E-state index contributed by atoms with van der Waals surface area (Å²) in [6.07, 6.45) is -3.43. The number of carbonyl (C=O) groups is 1. The number of nitrogens with two attached hydrogens (primary N) is 2. The highest BCUT2D eigenvalue weighted by molar-refractivity contribution is 6.04. The minimum absolute atomic E-state index is 0.0832. The number of fused-ring (bicyclic) bond motifs is 1. The Hall–Kier alpha value is -3.56. The number of benzene rings is 1. The van der Waals surface area contributed by atoms with E-state index in [1.807, 2.05) is 0 Å². The normalized spacial score (nSPS) is 11.6. The summed E-state index contributed by atoms with van der Waals surface area (Å²) in [4.78, 5) is 28.8. The molecule has 1 aromatic carbocycles. The highest BCUT2D eigenvalue weighted by atomic mass is 19.4. The highest BCUT2D eigenvalue weighted by Gasteiger charge is 2.32. The summed E-state index contributed by atoms with van der Waals surface area (Å²) in [5, 5.41) is 0.0832. The van der Waals surface area contributed by atoms with Crippen LogP contribution >= 0.6 is 0 Å². The van der Waals surface area contributed by atoms with Crippen molar-refractivity contribution < 1.29 is 22.7 Å². The molecular formula is C17H13F3N4O3. The lowest BCUT2D eigenvalue weighted by Gasteiger charge is -2.16. The Kier molecular flexibility index (Phi) is 4.26. The van der Waals surface area contributed by atoms with Gasteiger partial charge in [0.2, 0.25) is 0 Å². The molecule has 0 atom stereocenters. The van der Waals surface area contributed by atoms with Gasteiger partial charge in [-0.05, 0) is 24.3 Å². The standard InChI is InChI=1S/C17H13F3N4O3/c1-27-16(26)13-14(22)10-4-2-8(17(18,19)20)6-11(10)24(15(13)25)9-3-5-12(21)23-7-9/h2-7H,22H2,1H3,(H2,21,23). The molecule has 10 heteroatoms. The van der Waals surface area contributed by atoms with E-state index >= 15 is 0 Å². The molecule has 2 heterocycles. The second-order valence-corrected chi connectivity index (χ2v) is 5.59. The molecule has 3 rings (SSSR count). The van der Waals surface area contributed by atoms with Crippen molar-refractivity contribution in [1.82, 2.24) is 9.55 Å². The zero-order chi connectivity index (χ0) is 19.9. The first-order chi connectivity index (χ1) is 12.6. The van der Waals surface area contributed by atoms with Gasteiger partial charge in [0.25, 0.3) is 5.56 Å². The van der Waals surface area contributed by atoms with E-state index in [4.69, 9.17) is 11.5 Å². The zero-order valence-electron chi connectivity index (χ0n) is 13.9. The smallest absolute Gasteiger partial charge is 0.416 e. The number of halogens is 3. The second-order valence-electron chi connectivity index (χ2n) is 5.59. The monoisotopic (exact) mass is 378 g/mol. The predicted octanol–water partition coefficient (Wildman–Crippen LogP) is 2.36. The van der Waals surface area contributed by atoms with Gasteiger partial charge in [0.05, 0.1) is 35.8 Å². The second kappa shape index (κ2) is 6.31. The van der Waals surface area contributed by atoms with Gasteiger partial charge in [0.1, 0.15) is 11.4 Å². The van der Waals surface area contributed by atoms with Gasteiger partial charge in [-0.3, -0.25) is 9.36 Å². The maximum absolute atomic E-state index is 13.1. The number of alkyl halides is 3. The molecule has 0 unspecified atom stereocenters. The first-order valence-electron chi connectivity index (χ1n) is 7.50. The minimum Gasteiger partial charge on any atom is -0.465 e. The van der Waals surface area contributed by atoms with Crippen LogP contribution in [0, 0.1) is 0 Å². The number of anilines is 2. The maximum atomic E-state index is 13.1. The van der Waals surface area contributed by atoms with Gasteiger partial charge in [0, 0.05) is 5.39 Å². The Morgan fingerprint density at radius 2 is 1.89 bits per heavy atom. The fraction of sp³-hybridized carbons (Fsp3) is 0.118. The maximum Gasteiger partial charge on any atom is 0.416 e. The Bertz CT molecular complexity index is 1110. The molecule has 0 aliphatic carbocycles. The number of nitrogens with zero attached hydrogens (tertiary/aromatic N) is 2. The fourth-order valence-corrected chi connectivity index (χ4v) is 2.68. The molecule has 0 saturated heterocycles. The van der Waals surface area contributed by atoms with Gasteiger partial charge in [-0.15, -0.1) is 0 Å². The van der Waals surface area contributed by atoms with E-state index in [2.05, 4.69) is 9.72 Å². The Morgan fingerprint density at radius 3 is 2.44 bits per heavy atom. The average Bonchev–Trinajstić information content (AvgIpc) is 2.62. The molecule has 0 fully saturated rings. The number of pyridine rings is 2. The van der Waals surface area contributed by atoms with Crippen molar-refractivity contribution >= 4 is 28.4 Å².